The number of benzene rings is 2. The van der Waals surface area contributed by atoms with E-state index in [9.17, 15) is 3.89 Å². The van der Waals surface area contributed by atoms with Gasteiger partial charge in [-0.2, -0.15) is 3.89 Å². The summed E-state index contributed by atoms with van der Waals surface area (Å²) in [5, 5.41) is 3.89. The van der Waals surface area contributed by atoms with E-state index in [0.717, 1.165) is 26.5 Å². The van der Waals surface area contributed by atoms with Crippen molar-refractivity contribution < 1.29 is 3.89 Å². The number of fused-ring (bicyclic) bond motifs is 1. The van der Waals surface area contributed by atoms with E-state index < -0.39 is 0 Å². The van der Waals surface area contributed by atoms with Gasteiger partial charge in [-0.3, -0.25) is 0 Å². The number of rotatable bonds is 3. The van der Waals surface area contributed by atoms with Crippen molar-refractivity contribution in [3.8, 4) is 10.6 Å². The maximum atomic E-state index is 12.9. The van der Waals surface area contributed by atoms with Crippen molar-refractivity contribution in [2.24, 2.45) is 0 Å². The topological polar surface area (TPSA) is 24.9 Å². The summed E-state index contributed by atoms with van der Waals surface area (Å²) in [6.07, 6.45) is 0. The number of hydrogen-bond acceptors (Lipinski definition) is 4. The Hall–Kier alpha value is -1.59. The van der Waals surface area contributed by atoms with Crippen molar-refractivity contribution in [2.75, 3.05) is 12.4 Å². The van der Waals surface area contributed by atoms with E-state index in [0.29, 0.717) is 4.90 Å². The summed E-state index contributed by atoms with van der Waals surface area (Å²) in [7, 11) is 1.78. The Balaban J connectivity index is 2.10. The lowest BCUT2D eigenvalue weighted by molar-refractivity contribution is 0.934. The lowest BCUT2D eigenvalue weighted by Gasteiger charge is -2.06. The summed E-state index contributed by atoms with van der Waals surface area (Å²) in [6, 6.07) is 13.7. The van der Waals surface area contributed by atoms with Crippen LogP contribution in [0.5, 0.6) is 0 Å². The van der Waals surface area contributed by atoms with Crippen LogP contribution < -0.4 is 5.32 Å². The lowest BCUT2D eigenvalue weighted by Crippen LogP contribution is -1.90. The Labute approximate surface area is 119 Å². The fourth-order valence-electron chi connectivity index (χ4n) is 1.92. The number of nitrogens with one attached hydrogen (secondary N) is 1. The number of thiazole rings is 1. The molecule has 19 heavy (non-hydrogen) atoms. The van der Waals surface area contributed by atoms with Gasteiger partial charge in [-0.05, 0) is 30.3 Å². The molecule has 0 aliphatic rings. The van der Waals surface area contributed by atoms with E-state index in [4.69, 9.17) is 0 Å². The summed E-state index contributed by atoms with van der Waals surface area (Å²) in [4.78, 5) is 5.16. The third-order valence-corrected chi connectivity index (χ3v) is 4.46. The third kappa shape index (κ3) is 2.31. The van der Waals surface area contributed by atoms with Crippen LogP contribution in [-0.4, -0.2) is 12.0 Å². The molecule has 0 bridgehead atoms. The highest BCUT2D eigenvalue weighted by Gasteiger charge is 2.09. The monoisotopic (exact) mass is 290 g/mol. The Bertz CT molecular complexity index is 691. The van der Waals surface area contributed by atoms with Crippen molar-refractivity contribution in [3.63, 3.8) is 0 Å². The van der Waals surface area contributed by atoms with Crippen LogP contribution in [0.15, 0.2) is 47.4 Å². The molecule has 0 unspecified atom stereocenters. The molecule has 0 amide bonds. The average Bonchev–Trinajstić information content (AvgIpc) is 2.90. The van der Waals surface area contributed by atoms with Gasteiger partial charge in [0.1, 0.15) is 5.01 Å². The number of para-hydroxylation sites is 1. The van der Waals surface area contributed by atoms with E-state index in [1.807, 2.05) is 42.5 Å². The van der Waals surface area contributed by atoms with Crippen LogP contribution in [0, 0.1) is 0 Å². The quantitative estimate of drug-likeness (QED) is 0.736. The Morgan fingerprint density at radius 3 is 2.79 bits per heavy atom. The molecule has 96 valence electrons. The molecule has 0 fully saturated rings. The van der Waals surface area contributed by atoms with Crippen LogP contribution in [0.4, 0.5) is 9.57 Å². The normalized spacial score (nSPS) is 10.8. The fraction of sp³-hybridized carbons (Fsp3) is 0.0714. The molecule has 5 heteroatoms. The van der Waals surface area contributed by atoms with Crippen LogP contribution in [-0.2, 0) is 0 Å². The van der Waals surface area contributed by atoms with E-state index in [-0.39, 0.29) is 12.1 Å². The number of aromatic nitrogens is 1. The lowest BCUT2D eigenvalue weighted by atomic mass is 10.2. The molecule has 0 aliphatic heterocycles. The van der Waals surface area contributed by atoms with Crippen molar-refractivity contribution in [3.05, 3.63) is 42.5 Å². The van der Waals surface area contributed by atoms with E-state index in [1.54, 1.807) is 18.4 Å². The second kappa shape index (κ2) is 5.19. The van der Waals surface area contributed by atoms with Gasteiger partial charge in [-0.15, -0.1) is 11.3 Å². The zero-order valence-electron chi connectivity index (χ0n) is 10.2. The molecule has 0 spiro atoms. The molecule has 0 aliphatic carbocycles. The molecule has 2 aromatic carbocycles. The summed E-state index contributed by atoms with van der Waals surface area (Å²) in [5.74, 6) is 0. The molecule has 1 aromatic heterocycles. The maximum Gasteiger partial charge on any atom is 0.124 e. The van der Waals surface area contributed by atoms with E-state index in [1.165, 1.54) is 0 Å². The highest BCUT2D eigenvalue weighted by Crippen LogP contribution is 2.35. The zero-order chi connectivity index (χ0) is 13.2. The molecular formula is C14H11FN2S2. The Morgan fingerprint density at radius 2 is 2.05 bits per heavy atom. The Kier molecular flexibility index (Phi) is 3.40. The van der Waals surface area contributed by atoms with Crippen LogP contribution in [0.2, 0.25) is 0 Å². The van der Waals surface area contributed by atoms with Gasteiger partial charge >= 0.3 is 0 Å². The number of halogens is 1. The average molecular weight is 290 g/mol. The second-order valence-electron chi connectivity index (χ2n) is 4.02. The van der Waals surface area contributed by atoms with Gasteiger partial charge < -0.3 is 5.32 Å². The zero-order valence-corrected chi connectivity index (χ0v) is 11.8. The first-order valence-electron chi connectivity index (χ1n) is 5.78. The van der Waals surface area contributed by atoms with Crippen molar-refractivity contribution in [2.45, 2.75) is 4.90 Å². The van der Waals surface area contributed by atoms with Gasteiger partial charge in [0, 0.05) is 12.6 Å². The van der Waals surface area contributed by atoms with Crippen LogP contribution >= 0.6 is 23.5 Å². The first-order chi connectivity index (χ1) is 9.31. The Morgan fingerprint density at radius 1 is 1.21 bits per heavy atom. The van der Waals surface area contributed by atoms with Crippen LogP contribution in [0.25, 0.3) is 20.8 Å². The van der Waals surface area contributed by atoms with E-state index >= 15 is 0 Å². The largest absolute Gasteiger partial charge is 0.387 e. The summed E-state index contributed by atoms with van der Waals surface area (Å²) >= 11 is 1.87. The van der Waals surface area contributed by atoms with E-state index in [2.05, 4.69) is 10.3 Å². The maximum absolute atomic E-state index is 12.9. The van der Waals surface area contributed by atoms with Gasteiger partial charge in [0.15, 0.2) is 0 Å². The summed E-state index contributed by atoms with van der Waals surface area (Å²) < 4.78 is 14.1. The van der Waals surface area contributed by atoms with Crippen molar-refractivity contribution in [1.29, 1.82) is 0 Å². The minimum absolute atomic E-state index is 0.250. The molecule has 3 aromatic rings. The van der Waals surface area contributed by atoms with Gasteiger partial charge in [-0.25, -0.2) is 4.98 Å². The SMILES string of the molecule is CNc1ccc(-c2nc3ccccc3s2)cc1SF. The number of hydrogen-bond donors (Lipinski definition) is 1. The fourth-order valence-corrected chi connectivity index (χ4v) is 3.31. The van der Waals surface area contributed by atoms with Crippen LogP contribution in [0.1, 0.15) is 0 Å². The third-order valence-electron chi connectivity index (χ3n) is 2.87. The highest BCUT2D eigenvalue weighted by molar-refractivity contribution is 7.94. The standard InChI is InChI=1S/C14H11FN2S2/c1-16-10-7-6-9(8-13(10)19-15)14-17-11-4-2-3-5-12(11)18-14/h2-8,16H,1H3. The molecule has 0 saturated carbocycles. The highest BCUT2D eigenvalue weighted by atomic mass is 32.2. The molecule has 0 radical (unpaired) electrons. The van der Waals surface area contributed by atoms with Gasteiger partial charge in [0.2, 0.25) is 0 Å². The summed E-state index contributed by atoms with van der Waals surface area (Å²) in [5.41, 5.74) is 2.72. The predicted molar refractivity (Wildman–Crippen MR) is 81.6 cm³/mol. The molecule has 1 N–H and O–H groups in total. The van der Waals surface area contributed by atoms with Gasteiger partial charge in [0.05, 0.1) is 32.9 Å². The molecule has 3 rings (SSSR count). The first-order valence-corrected chi connectivity index (χ1v) is 7.31. The van der Waals surface area contributed by atoms with Crippen LogP contribution in [0.3, 0.4) is 0 Å². The predicted octanol–water partition coefficient (Wildman–Crippen LogP) is 4.98. The van der Waals surface area contributed by atoms with Crippen molar-refractivity contribution in [1.82, 2.24) is 4.98 Å². The molecule has 0 atom stereocenters. The van der Waals surface area contributed by atoms with Crippen molar-refractivity contribution >= 4 is 39.4 Å². The number of anilines is 1. The second-order valence-corrected chi connectivity index (χ2v) is 5.65. The summed E-state index contributed by atoms with van der Waals surface area (Å²) in [6.45, 7) is 0. The minimum Gasteiger partial charge on any atom is -0.387 e. The molecule has 1 heterocycles. The molecular weight excluding hydrogens is 279 g/mol. The molecule has 0 saturated heterocycles. The van der Waals surface area contributed by atoms with Gasteiger partial charge in [0.25, 0.3) is 0 Å². The number of nitrogens with zero attached hydrogens (tertiary/aromatic N) is 1. The van der Waals surface area contributed by atoms with Gasteiger partial charge in [-0.1, -0.05) is 12.1 Å². The first kappa shape index (κ1) is 12.4. The smallest absolute Gasteiger partial charge is 0.124 e. The molecule has 2 nitrogen and oxygen atoms in total. The minimum atomic E-state index is 0.250.